The molecule has 1 saturated heterocycles. The molecule has 0 aromatic carbocycles. The van der Waals surface area contributed by atoms with E-state index in [1.165, 1.54) is 10.4 Å². The number of nitrogens with two attached hydrogens (primary N) is 1. The van der Waals surface area contributed by atoms with Crippen LogP contribution in [-0.2, 0) is 13.0 Å². The molecule has 31 heavy (non-hydrogen) atoms. The molecule has 1 fully saturated rings. The van der Waals surface area contributed by atoms with Crippen molar-refractivity contribution >= 4 is 23.0 Å². The van der Waals surface area contributed by atoms with E-state index in [-0.39, 0.29) is 17.0 Å². The molecule has 0 unspecified atom stereocenters. The van der Waals surface area contributed by atoms with Gasteiger partial charge < -0.3 is 10.6 Å². The van der Waals surface area contributed by atoms with E-state index in [2.05, 4.69) is 31.3 Å². The molecule has 3 N–H and O–H groups in total. The topological polar surface area (TPSA) is 100 Å². The van der Waals surface area contributed by atoms with Gasteiger partial charge in [-0.2, -0.15) is 0 Å². The van der Waals surface area contributed by atoms with Crippen molar-refractivity contribution in [2.24, 2.45) is 16.1 Å². The summed E-state index contributed by atoms with van der Waals surface area (Å²) in [7, 11) is 0. The van der Waals surface area contributed by atoms with E-state index < -0.39 is 0 Å². The third kappa shape index (κ3) is 2.81. The lowest BCUT2D eigenvalue weighted by molar-refractivity contribution is 0.187. The van der Waals surface area contributed by atoms with Crippen molar-refractivity contribution in [1.29, 1.82) is 0 Å². The summed E-state index contributed by atoms with van der Waals surface area (Å²) in [5.41, 5.74) is 12.0. The minimum absolute atomic E-state index is 0.113. The largest absolute Gasteiger partial charge is 0.342 e. The van der Waals surface area contributed by atoms with Crippen LogP contribution in [0.3, 0.4) is 0 Å². The number of aromatic amines is 1. The first-order valence-electron chi connectivity index (χ1n) is 10.7. The van der Waals surface area contributed by atoms with Crippen molar-refractivity contribution in [3.05, 3.63) is 73.1 Å². The Labute approximate surface area is 184 Å². The molecule has 1 spiro atoms. The molecular weight excluding hydrogens is 408 g/mol. The fraction of sp³-hybridized carbons (Fsp3) is 0.391. The number of thiophene rings is 1. The van der Waals surface area contributed by atoms with Gasteiger partial charge in [0.1, 0.15) is 0 Å². The zero-order chi connectivity index (χ0) is 21.2. The number of rotatable bonds is 2. The maximum atomic E-state index is 13.0. The van der Waals surface area contributed by atoms with Crippen LogP contribution in [0.25, 0.3) is 0 Å². The molecule has 0 radical (unpaired) electrons. The highest BCUT2D eigenvalue weighted by Crippen LogP contribution is 2.52. The maximum absolute atomic E-state index is 13.0. The lowest BCUT2D eigenvalue weighted by atomic mass is 9.73. The number of anilines is 1. The fourth-order valence-electron chi connectivity index (χ4n) is 5.39. The number of pyridine rings is 1. The molecule has 5 heterocycles. The number of H-pyrrole nitrogens is 1. The summed E-state index contributed by atoms with van der Waals surface area (Å²) in [6.45, 7) is 4.12. The second-order valence-electron chi connectivity index (χ2n) is 8.87. The van der Waals surface area contributed by atoms with Crippen molar-refractivity contribution in [2.45, 2.75) is 38.8 Å². The van der Waals surface area contributed by atoms with E-state index in [9.17, 15) is 4.79 Å². The molecule has 3 aromatic heterocycles. The van der Waals surface area contributed by atoms with E-state index in [0.717, 1.165) is 54.9 Å². The van der Waals surface area contributed by atoms with Gasteiger partial charge in [0, 0.05) is 42.0 Å². The van der Waals surface area contributed by atoms with Crippen LogP contribution in [0, 0.1) is 12.3 Å². The normalized spacial score (nSPS) is 21.3. The summed E-state index contributed by atoms with van der Waals surface area (Å²) in [5, 5.41) is 2.15. The summed E-state index contributed by atoms with van der Waals surface area (Å²) in [6.07, 6.45) is 6.62. The predicted octanol–water partition coefficient (Wildman–Crippen LogP) is 2.73. The first-order valence-corrected chi connectivity index (χ1v) is 11.6. The van der Waals surface area contributed by atoms with Crippen LogP contribution in [0.2, 0.25) is 0 Å². The van der Waals surface area contributed by atoms with E-state index in [1.807, 2.05) is 24.3 Å². The number of fused-ring (bicyclic) bond motifs is 2. The average Bonchev–Trinajstić information content (AvgIpc) is 3.46. The van der Waals surface area contributed by atoms with Gasteiger partial charge in [-0.3, -0.25) is 19.8 Å². The number of hydrogen-bond acceptors (Lipinski definition) is 7. The van der Waals surface area contributed by atoms with E-state index in [0.29, 0.717) is 18.1 Å². The zero-order valence-corrected chi connectivity index (χ0v) is 18.2. The van der Waals surface area contributed by atoms with Crippen LogP contribution in [-0.4, -0.2) is 33.8 Å². The summed E-state index contributed by atoms with van der Waals surface area (Å²) >= 11 is 1.83. The van der Waals surface area contributed by atoms with Gasteiger partial charge in [-0.1, -0.05) is 0 Å². The summed E-state index contributed by atoms with van der Waals surface area (Å²) in [4.78, 5) is 33.3. The van der Waals surface area contributed by atoms with Crippen LogP contribution >= 0.6 is 11.3 Å². The number of aryl methyl sites for hydroxylation is 1. The first-order chi connectivity index (χ1) is 15.1. The molecule has 7 nitrogen and oxygen atoms in total. The van der Waals surface area contributed by atoms with Gasteiger partial charge in [0.2, 0.25) is 5.95 Å². The van der Waals surface area contributed by atoms with Gasteiger partial charge in [0.05, 0.1) is 23.5 Å². The van der Waals surface area contributed by atoms with Gasteiger partial charge in [0.15, 0.2) is 0 Å². The van der Waals surface area contributed by atoms with Crippen LogP contribution in [0.4, 0.5) is 5.95 Å². The van der Waals surface area contributed by atoms with Crippen molar-refractivity contribution < 1.29 is 0 Å². The molecule has 158 valence electrons. The standard InChI is InChI=1S/C23H24N6OS/c1-13-11-25-6-2-14(13)19-18-16(12-26-19)27-22(28-21(18)30)29-7-4-23(5-8-29)10-17-15(20(23)24)3-9-31-17/h2-3,6,9,11,20H,4-5,7-8,10,12,24H2,1H3,(H,27,28,30)/t20-/m1/s1. The number of nitrogens with zero attached hydrogens (tertiary/aromatic N) is 4. The average molecular weight is 433 g/mol. The lowest BCUT2D eigenvalue weighted by Crippen LogP contribution is -2.45. The molecule has 0 bridgehead atoms. The number of hydrogen-bond donors (Lipinski definition) is 2. The number of aromatic nitrogens is 3. The smallest absolute Gasteiger partial charge is 0.262 e. The van der Waals surface area contributed by atoms with Crippen molar-refractivity contribution in [1.82, 2.24) is 15.0 Å². The summed E-state index contributed by atoms with van der Waals surface area (Å²) < 4.78 is 0. The molecule has 0 amide bonds. The Kier molecular flexibility index (Phi) is 4.16. The van der Waals surface area contributed by atoms with Crippen LogP contribution < -0.4 is 16.2 Å². The van der Waals surface area contributed by atoms with Gasteiger partial charge >= 0.3 is 0 Å². The lowest BCUT2D eigenvalue weighted by Gasteiger charge is -2.42. The van der Waals surface area contributed by atoms with E-state index in [4.69, 9.17) is 10.7 Å². The van der Waals surface area contributed by atoms with Crippen LogP contribution in [0.5, 0.6) is 0 Å². The van der Waals surface area contributed by atoms with E-state index >= 15 is 0 Å². The Morgan fingerprint density at radius 3 is 2.90 bits per heavy atom. The quantitative estimate of drug-likeness (QED) is 0.649. The molecule has 0 saturated carbocycles. The molecule has 3 aliphatic rings. The van der Waals surface area contributed by atoms with Crippen molar-refractivity contribution in [3.63, 3.8) is 0 Å². The minimum Gasteiger partial charge on any atom is -0.342 e. The SMILES string of the molecule is Cc1cnccc1C1=NCc2nc(N3CCC4(CC3)Cc3sccc3[C@H]4N)[nH]c(=O)c21. The maximum Gasteiger partial charge on any atom is 0.262 e. The molecule has 3 aromatic rings. The van der Waals surface area contributed by atoms with Crippen molar-refractivity contribution in [2.75, 3.05) is 18.0 Å². The molecule has 2 aliphatic heterocycles. The molecule has 1 aliphatic carbocycles. The third-order valence-corrected chi connectivity index (χ3v) is 8.16. The van der Waals surface area contributed by atoms with E-state index in [1.54, 1.807) is 12.4 Å². The molecule has 8 heteroatoms. The Balaban J connectivity index is 1.25. The van der Waals surface area contributed by atoms with Crippen molar-refractivity contribution in [3.8, 4) is 0 Å². The summed E-state index contributed by atoms with van der Waals surface area (Å²) in [5.74, 6) is 0.655. The molecule has 6 rings (SSSR count). The van der Waals surface area contributed by atoms with Crippen LogP contribution in [0.1, 0.15) is 51.7 Å². The van der Waals surface area contributed by atoms with Gasteiger partial charge in [-0.15, -0.1) is 11.3 Å². The second-order valence-corrected chi connectivity index (χ2v) is 9.87. The van der Waals surface area contributed by atoms with Gasteiger partial charge in [0.25, 0.3) is 5.56 Å². The Morgan fingerprint density at radius 2 is 2.13 bits per heavy atom. The Bertz CT molecular complexity index is 1270. The molecule has 1 atom stereocenters. The highest BCUT2D eigenvalue weighted by atomic mass is 32.1. The third-order valence-electron chi connectivity index (χ3n) is 7.23. The zero-order valence-electron chi connectivity index (χ0n) is 17.4. The first kappa shape index (κ1) is 18.9. The Morgan fingerprint density at radius 1 is 1.29 bits per heavy atom. The number of aliphatic imine (C=N–C) groups is 1. The number of nitrogens with one attached hydrogen (secondary N) is 1. The minimum atomic E-state index is -0.118. The monoisotopic (exact) mass is 432 g/mol. The highest BCUT2D eigenvalue weighted by Gasteiger charge is 2.46. The second kappa shape index (κ2) is 6.83. The highest BCUT2D eigenvalue weighted by molar-refractivity contribution is 7.10. The molecular formula is C23H24N6OS. The van der Waals surface area contributed by atoms with Crippen LogP contribution in [0.15, 0.2) is 39.7 Å². The number of piperidine rings is 1. The van der Waals surface area contributed by atoms with Gasteiger partial charge in [-0.05, 0) is 60.2 Å². The Hall–Kier alpha value is -2.84. The van der Waals surface area contributed by atoms with Gasteiger partial charge in [-0.25, -0.2) is 4.98 Å². The predicted molar refractivity (Wildman–Crippen MR) is 122 cm³/mol. The fourth-order valence-corrected chi connectivity index (χ4v) is 6.47. The summed E-state index contributed by atoms with van der Waals surface area (Å²) in [6, 6.07) is 4.21.